The van der Waals surface area contributed by atoms with Crippen LogP contribution < -0.4 is 5.32 Å². The Morgan fingerprint density at radius 3 is 2.38 bits per heavy atom. The monoisotopic (exact) mass is 393 g/mol. The number of rotatable bonds is 7. The molecule has 3 rings (SSSR count). The van der Waals surface area contributed by atoms with Crippen LogP contribution in [0.1, 0.15) is 32.2 Å². The molecule has 3 aromatic rings. The van der Waals surface area contributed by atoms with Crippen molar-refractivity contribution in [3.63, 3.8) is 0 Å². The Balaban J connectivity index is 1.63. The minimum Gasteiger partial charge on any atom is -0.463 e. The molecule has 0 fully saturated rings. The van der Waals surface area contributed by atoms with E-state index in [4.69, 9.17) is 9.15 Å². The Hall–Kier alpha value is -3.87. The van der Waals surface area contributed by atoms with E-state index in [9.17, 15) is 14.4 Å². The van der Waals surface area contributed by atoms with Crippen molar-refractivity contribution in [2.75, 3.05) is 12.4 Å². The lowest BCUT2D eigenvalue weighted by atomic mass is 10.1. The van der Waals surface area contributed by atoms with E-state index in [2.05, 4.69) is 10.1 Å². The van der Waals surface area contributed by atoms with Crippen LogP contribution >= 0.6 is 0 Å². The zero-order valence-corrected chi connectivity index (χ0v) is 15.7. The highest BCUT2D eigenvalue weighted by Gasteiger charge is 2.16. The number of carbonyl (C=O) groups excluding carboxylic acids is 3. The summed E-state index contributed by atoms with van der Waals surface area (Å²) in [5.41, 5.74) is 1.44. The molecule has 1 amide bonds. The SMILES string of the molecule is COC(=O)c1ccc(COC(=O)c2ccccc2NC(=O)Cc2ccccc2)o1. The van der Waals surface area contributed by atoms with Crippen LogP contribution in [0.3, 0.4) is 0 Å². The van der Waals surface area contributed by atoms with Gasteiger partial charge in [0.2, 0.25) is 11.7 Å². The maximum atomic E-state index is 12.5. The topological polar surface area (TPSA) is 94.8 Å². The number of benzene rings is 2. The van der Waals surface area contributed by atoms with Crippen LogP contribution in [0.4, 0.5) is 5.69 Å². The van der Waals surface area contributed by atoms with Crippen molar-refractivity contribution in [3.8, 4) is 0 Å². The third-order valence-electron chi connectivity index (χ3n) is 4.02. The quantitative estimate of drug-likeness (QED) is 0.616. The maximum Gasteiger partial charge on any atom is 0.373 e. The lowest BCUT2D eigenvalue weighted by molar-refractivity contribution is -0.115. The van der Waals surface area contributed by atoms with Gasteiger partial charge in [0, 0.05) is 0 Å². The third kappa shape index (κ3) is 5.32. The lowest BCUT2D eigenvalue weighted by Gasteiger charge is -2.10. The fraction of sp³-hybridized carbons (Fsp3) is 0.136. The van der Waals surface area contributed by atoms with Gasteiger partial charge in [-0.2, -0.15) is 0 Å². The first-order valence-corrected chi connectivity index (χ1v) is 8.84. The third-order valence-corrected chi connectivity index (χ3v) is 4.02. The number of nitrogens with one attached hydrogen (secondary N) is 1. The van der Waals surface area contributed by atoms with Crippen molar-refractivity contribution in [1.82, 2.24) is 0 Å². The van der Waals surface area contributed by atoms with E-state index in [-0.39, 0.29) is 30.3 Å². The molecule has 0 bridgehead atoms. The first-order valence-electron chi connectivity index (χ1n) is 8.84. The fourth-order valence-corrected chi connectivity index (χ4v) is 2.63. The van der Waals surface area contributed by atoms with Gasteiger partial charge in [0.15, 0.2) is 0 Å². The van der Waals surface area contributed by atoms with Crippen molar-refractivity contribution in [1.29, 1.82) is 0 Å². The summed E-state index contributed by atoms with van der Waals surface area (Å²) in [4.78, 5) is 36.2. The Morgan fingerprint density at radius 1 is 0.897 bits per heavy atom. The molecule has 0 unspecified atom stereocenters. The van der Waals surface area contributed by atoms with Gasteiger partial charge in [0.1, 0.15) is 12.4 Å². The summed E-state index contributed by atoms with van der Waals surface area (Å²) in [7, 11) is 1.24. The zero-order chi connectivity index (χ0) is 20.6. The number of carbonyl (C=O) groups is 3. The Labute approximate surface area is 167 Å². The molecule has 7 nitrogen and oxygen atoms in total. The predicted molar refractivity (Wildman–Crippen MR) is 104 cm³/mol. The van der Waals surface area contributed by atoms with E-state index >= 15 is 0 Å². The minimum atomic E-state index is -0.628. The number of para-hydroxylation sites is 1. The summed E-state index contributed by atoms with van der Waals surface area (Å²) in [6.07, 6.45) is 0.187. The number of hydrogen-bond donors (Lipinski definition) is 1. The van der Waals surface area contributed by atoms with Gasteiger partial charge in [-0.15, -0.1) is 0 Å². The van der Waals surface area contributed by atoms with Crippen LogP contribution in [0.2, 0.25) is 0 Å². The van der Waals surface area contributed by atoms with E-state index in [1.54, 1.807) is 24.3 Å². The van der Waals surface area contributed by atoms with E-state index in [1.807, 2.05) is 30.3 Å². The molecule has 148 valence electrons. The van der Waals surface area contributed by atoms with Gasteiger partial charge in [-0.05, 0) is 29.8 Å². The van der Waals surface area contributed by atoms with Gasteiger partial charge < -0.3 is 19.2 Å². The summed E-state index contributed by atoms with van der Waals surface area (Å²) < 4.78 is 15.1. The summed E-state index contributed by atoms with van der Waals surface area (Å²) in [6, 6.07) is 18.8. The number of furan rings is 1. The normalized spacial score (nSPS) is 10.2. The van der Waals surface area contributed by atoms with Gasteiger partial charge in [0.25, 0.3) is 0 Å². The molecule has 0 aliphatic rings. The Morgan fingerprint density at radius 2 is 1.62 bits per heavy atom. The molecule has 0 saturated heterocycles. The van der Waals surface area contributed by atoms with Crippen LogP contribution in [0.25, 0.3) is 0 Å². The molecule has 0 spiro atoms. The number of anilines is 1. The molecule has 0 radical (unpaired) electrons. The number of methoxy groups -OCH3 is 1. The fourth-order valence-electron chi connectivity index (χ4n) is 2.63. The van der Waals surface area contributed by atoms with E-state index in [0.29, 0.717) is 11.4 Å². The van der Waals surface area contributed by atoms with E-state index in [0.717, 1.165) is 5.56 Å². The molecule has 1 aromatic heterocycles. The van der Waals surface area contributed by atoms with Gasteiger partial charge in [-0.25, -0.2) is 9.59 Å². The van der Waals surface area contributed by atoms with E-state index < -0.39 is 11.9 Å². The second kappa shape index (κ2) is 9.36. The zero-order valence-electron chi connectivity index (χ0n) is 15.7. The molecule has 0 aliphatic heterocycles. The first-order chi connectivity index (χ1) is 14.1. The molecule has 29 heavy (non-hydrogen) atoms. The molecular weight excluding hydrogens is 374 g/mol. The Kier molecular flexibility index (Phi) is 6.42. The highest BCUT2D eigenvalue weighted by Crippen LogP contribution is 2.18. The summed E-state index contributed by atoms with van der Waals surface area (Å²) in [6.45, 7) is -0.165. The molecule has 0 saturated carbocycles. The first kappa shape index (κ1) is 19.9. The average Bonchev–Trinajstić information content (AvgIpc) is 3.21. The molecule has 1 heterocycles. The Bertz CT molecular complexity index is 1010. The number of amides is 1. The predicted octanol–water partition coefficient (Wildman–Crippen LogP) is 3.60. The molecule has 7 heteroatoms. The largest absolute Gasteiger partial charge is 0.463 e. The maximum absolute atomic E-state index is 12.5. The molecule has 0 atom stereocenters. The summed E-state index contributed by atoms with van der Waals surface area (Å²) in [5.74, 6) is -1.17. The molecule has 1 N–H and O–H groups in total. The molecule has 0 aliphatic carbocycles. The lowest BCUT2D eigenvalue weighted by Crippen LogP contribution is -2.17. The standard InChI is InChI=1S/C22H19NO6/c1-27-22(26)19-12-11-16(29-19)14-28-21(25)17-9-5-6-10-18(17)23-20(24)13-15-7-3-2-4-8-15/h2-12H,13-14H2,1H3,(H,23,24). The van der Waals surface area contributed by atoms with Crippen LogP contribution in [0, 0.1) is 0 Å². The minimum absolute atomic E-state index is 0.0205. The van der Waals surface area contributed by atoms with Crippen LogP contribution in [-0.4, -0.2) is 25.0 Å². The van der Waals surface area contributed by atoms with Crippen molar-refractivity contribution in [2.45, 2.75) is 13.0 Å². The average molecular weight is 393 g/mol. The van der Waals surface area contributed by atoms with Gasteiger partial charge in [-0.1, -0.05) is 42.5 Å². The molecule has 2 aromatic carbocycles. The second-order valence-corrected chi connectivity index (χ2v) is 6.09. The van der Waals surface area contributed by atoms with Crippen molar-refractivity contribution < 1.29 is 28.3 Å². The smallest absolute Gasteiger partial charge is 0.373 e. The van der Waals surface area contributed by atoms with Crippen molar-refractivity contribution >= 4 is 23.5 Å². The van der Waals surface area contributed by atoms with Crippen molar-refractivity contribution in [3.05, 3.63) is 89.4 Å². The van der Waals surface area contributed by atoms with E-state index in [1.165, 1.54) is 19.2 Å². The van der Waals surface area contributed by atoms with Crippen LogP contribution in [0.15, 0.2) is 71.1 Å². The number of esters is 2. The van der Waals surface area contributed by atoms with Crippen LogP contribution in [-0.2, 0) is 27.3 Å². The second-order valence-electron chi connectivity index (χ2n) is 6.09. The van der Waals surface area contributed by atoms with Crippen molar-refractivity contribution in [2.24, 2.45) is 0 Å². The number of hydrogen-bond acceptors (Lipinski definition) is 6. The summed E-state index contributed by atoms with van der Waals surface area (Å²) >= 11 is 0. The summed E-state index contributed by atoms with van der Waals surface area (Å²) in [5, 5.41) is 2.74. The van der Waals surface area contributed by atoms with Gasteiger partial charge >= 0.3 is 11.9 Å². The van der Waals surface area contributed by atoms with Gasteiger partial charge in [-0.3, -0.25) is 4.79 Å². The number of ether oxygens (including phenoxy) is 2. The molecular formula is C22H19NO6. The van der Waals surface area contributed by atoms with Gasteiger partial charge in [0.05, 0.1) is 24.8 Å². The highest BCUT2D eigenvalue weighted by atomic mass is 16.5. The van der Waals surface area contributed by atoms with Crippen LogP contribution in [0.5, 0.6) is 0 Å². The highest BCUT2D eigenvalue weighted by molar-refractivity contribution is 6.01.